The number of hydrogen-bond donors (Lipinski definition) is 0. The highest BCUT2D eigenvalue weighted by Crippen LogP contribution is 2.22. The molecule has 19 heavy (non-hydrogen) atoms. The summed E-state index contributed by atoms with van der Waals surface area (Å²) >= 11 is 0. The van der Waals surface area contributed by atoms with E-state index in [-0.39, 0.29) is 11.8 Å². The summed E-state index contributed by atoms with van der Waals surface area (Å²) < 4.78 is 17.9. The minimum absolute atomic E-state index is 0.00764. The molecule has 6 nitrogen and oxygen atoms in total. The van der Waals surface area contributed by atoms with Crippen molar-refractivity contribution in [2.75, 3.05) is 44.3 Å². The van der Waals surface area contributed by atoms with E-state index in [2.05, 4.69) is 9.97 Å². The lowest BCUT2D eigenvalue weighted by Gasteiger charge is -2.41. The molecular formula is C12H15FN4O2. The van der Waals surface area contributed by atoms with Gasteiger partial charge in [-0.2, -0.15) is 0 Å². The third-order valence-electron chi connectivity index (χ3n) is 3.44. The van der Waals surface area contributed by atoms with Crippen LogP contribution in [0.4, 0.5) is 10.3 Å². The van der Waals surface area contributed by atoms with Crippen molar-refractivity contribution in [3.8, 4) is 0 Å². The van der Waals surface area contributed by atoms with Gasteiger partial charge >= 0.3 is 0 Å². The van der Waals surface area contributed by atoms with Gasteiger partial charge in [0.1, 0.15) is 0 Å². The number of amides is 1. The molecule has 0 spiro atoms. The smallest absolute Gasteiger partial charge is 0.229 e. The first-order valence-corrected chi connectivity index (χ1v) is 6.33. The summed E-state index contributed by atoms with van der Waals surface area (Å²) in [5, 5.41) is 0. The van der Waals surface area contributed by atoms with Crippen LogP contribution in [0.25, 0.3) is 0 Å². The number of hydrogen-bond acceptors (Lipinski definition) is 5. The van der Waals surface area contributed by atoms with Gasteiger partial charge in [0.15, 0.2) is 5.82 Å². The maximum absolute atomic E-state index is 12.7. The van der Waals surface area contributed by atoms with E-state index in [4.69, 9.17) is 4.74 Å². The zero-order valence-electron chi connectivity index (χ0n) is 10.5. The highest BCUT2D eigenvalue weighted by atomic mass is 19.1. The van der Waals surface area contributed by atoms with Gasteiger partial charge in [0.2, 0.25) is 11.9 Å². The summed E-state index contributed by atoms with van der Waals surface area (Å²) in [7, 11) is 0. The molecule has 102 valence electrons. The molecule has 2 saturated heterocycles. The molecule has 3 heterocycles. The Balaban J connectivity index is 1.54. The van der Waals surface area contributed by atoms with Crippen molar-refractivity contribution >= 4 is 11.9 Å². The summed E-state index contributed by atoms with van der Waals surface area (Å²) in [5.41, 5.74) is 0. The summed E-state index contributed by atoms with van der Waals surface area (Å²) in [4.78, 5) is 23.7. The number of morpholine rings is 1. The molecule has 7 heteroatoms. The molecule has 0 saturated carbocycles. The Morgan fingerprint density at radius 2 is 1.89 bits per heavy atom. The van der Waals surface area contributed by atoms with Crippen LogP contribution < -0.4 is 4.90 Å². The predicted molar refractivity (Wildman–Crippen MR) is 65.1 cm³/mol. The minimum atomic E-state index is -0.454. The molecule has 2 fully saturated rings. The summed E-state index contributed by atoms with van der Waals surface area (Å²) in [6.45, 7) is 3.76. The second kappa shape index (κ2) is 5.08. The molecule has 0 atom stereocenters. The molecule has 0 unspecified atom stereocenters. The molecule has 0 aromatic carbocycles. The molecule has 0 N–H and O–H groups in total. The Morgan fingerprint density at radius 3 is 2.53 bits per heavy atom. The third-order valence-corrected chi connectivity index (χ3v) is 3.44. The number of rotatable bonds is 2. The van der Waals surface area contributed by atoms with E-state index in [9.17, 15) is 9.18 Å². The SMILES string of the molecule is O=C(C1CN(c2ncc(F)cn2)C1)N1CCOCC1. The first-order valence-electron chi connectivity index (χ1n) is 6.33. The topological polar surface area (TPSA) is 58.6 Å². The second-order valence-electron chi connectivity index (χ2n) is 4.74. The monoisotopic (exact) mass is 266 g/mol. The summed E-state index contributed by atoms with van der Waals surface area (Å²) in [6, 6.07) is 0. The number of anilines is 1. The number of ether oxygens (including phenoxy) is 1. The van der Waals surface area contributed by atoms with Crippen molar-refractivity contribution in [2.24, 2.45) is 5.92 Å². The second-order valence-corrected chi connectivity index (χ2v) is 4.74. The normalized spacial score (nSPS) is 20.3. The Kier molecular flexibility index (Phi) is 3.29. The highest BCUT2D eigenvalue weighted by Gasteiger charge is 2.36. The van der Waals surface area contributed by atoms with Gasteiger partial charge in [-0.1, -0.05) is 0 Å². The molecule has 1 aromatic rings. The molecule has 0 aliphatic carbocycles. The van der Waals surface area contributed by atoms with Crippen molar-refractivity contribution in [3.05, 3.63) is 18.2 Å². The van der Waals surface area contributed by atoms with Crippen LogP contribution in [0.2, 0.25) is 0 Å². The lowest BCUT2D eigenvalue weighted by atomic mass is 9.99. The van der Waals surface area contributed by atoms with Crippen molar-refractivity contribution in [3.63, 3.8) is 0 Å². The Bertz CT molecular complexity index is 455. The van der Waals surface area contributed by atoms with Gasteiger partial charge in [0.05, 0.1) is 31.5 Å². The predicted octanol–water partition coefficient (Wildman–Crippen LogP) is -0.0893. The van der Waals surface area contributed by atoms with Gasteiger partial charge in [0, 0.05) is 26.2 Å². The van der Waals surface area contributed by atoms with E-state index in [1.54, 1.807) is 0 Å². The van der Waals surface area contributed by atoms with E-state index in [0.29, 0.717) is 45.3 Å². The van der Waals surface area contributed by atoms with Gasteiger partial charge in [-0.3, -0.25) is 4.79 Å². The van der Waals surface area contributed by atoms with Gasteiger partial charge in [0.25, 0.3) is 0 Å². The molecule has 0 radical (unpaired) electrons. The summed E-state index contributed by atoms with van der Waals surface area (Å²) in [5.74, 6) is 0.186. The maximum atomic E-state index is 12.7. The lowest BCUT2D eigenvalue weighted by molar-refractivity contribution is -0.140. The van der Waals surface area contributed by atoms with Crippen molar-refractivity contribution < 1.29 is 13.9 Å². The van der Waals surface area contributed by atoms with Crippen LogP contribution in [0.3, 0.4) is 0 Å². The number of carbonyl (C=O) groups is 1. The average Bonchev–Trinajstić information content (AvgIpc) is 2.40. The number of carbonyl (C=O) groups excluding carboxylic acids is 1. The van der Waals surface area contributed by atoms with Crippen LogP contribution in [0.15, 0.2) is 12.4 Å². The van der Waals surface area contributed by atoms with Crippen molar-refractivity contribution in [2.45, 2.75) is 0 Å². The van der Waals surface area contributed by atoms with Gasteiger partial charge in [-0.15, -0.1) is 0 Å². The van der Waals surface area contributed by atoms with Crippen LogP contribution in [-0.4, -0.2) is 60.2 Å². The Morgan fingerprint density at radius 1 is 1.26 bits per heavy atom. The van der Waals surface area contributed by atoms with E-state index >= 15 is 0 Å². The van der Waals surface area contributed by atoms with E-state index in [1.165, 1.54) is 0 Å². The molecule has 2 aliphatic heterocycles. The van der Waals surface area contributed by atoms with Crippen molar-refractivity contribution in [1.82, 2.24) is 14.9 Å². The molecule has 1 aromatic heterocycles. The Hall–Kier alpha value is -1.76. The molecule has 1 amide bonds. The highest BCUT2D eigenvalue weighted by molar-refractivity contribution is 5.81. The maximum Gasteiger partial charge on any atom is 0.229 e. The fraction of sp³-hybridized carbons (Fsp3) is 0.583. The van der Waals surface area contributed by atoms with Crippen LogP contribution in [-0.2, 0) is 9.53 Å². The first kappa shape index (κ1) is 12.3. The standard InChI is InChI=1S/C12H15FN4O2/c13-10-5-14-12(15-6-10)17-7-9(8-17)11(18)16-1-3-19-4-2-16/h5-6,9H,1-4,7-8H2. The Labute approximate surface area is 110 Å². The van der Waals surface area contributed by atoms with E-state index in [1.807, 2.05) is 9.80 Å². The number of nitrogens with zero attached hydrogens (tertiary/aromatic N) is 4. The zero-order valence-corrected chi connectivity index (χ0v) is 10.5. The minimum Gasteiger partial charge on any atom is -0.378 e. The van der Waals surface area contributed by atoms with Gasteiger partial charge in [-0.05, 0) is 0 Å². The third kappa shape index (κ3) is 2.51. The van der Waals surface area contributed by atoms with Crippen LogP contribution in [0.1, 0.15) is 0 Å². The molecular weight excluding hydrogens is 251 g/mol. The zero-order chi connectivity index (χ0) is 13.2. The quantitative estimate of drug-likeness (QED) is 0.749. The molecule has 3 rings (SSSR count). The van der Waals surface area contributed by atoms with Crippen molar-refractivity contribution in [1.29, 1.82) is 0 Å². The van der Waals surface area contributed by atoms with Gasteiger partial charge in [-0.25, -0.2) is 14.4 Å². The lowest BCUT2D eigenvalue weighted by Crippen LogP contribution is -2.56. The first-order chi connectivity index (χ1) is 9.24. The largest absolute Gasteiger partial charge is 0.378 e. The average molecular weight is 266 g/mol. The number of halogens is 1. The van der Waals surface area contributed by atoms with E-state index < -0.39 is 5.82 Å². The molecule has 2 aliphatic rings. The van der Waals surface area contributed by atoms with Crippen LogP contribution >= 0.6 is 0 Å². The fourth-order valence-corrected chi connectivity index (χ4v) is 2.31. The number of aromatic nitrogens is 2. The van der Waals surface area contributed by atoms with Crippen LogP contribution in [0, 0.1) is 11.7 Å². The summed E-state index contributed by atoms with van der Waals surface area (Å²) in [6.07, 6.45) is 2.28. The van der Waals surface area contributed by atoms with Gasteiger partial charge < -0.3 is 14.5 Å². The van der Waals surface area contributed by atoms with Crippen LogP contribution in [0.5, 0.6) is 0 Å². The molecule has 0 bridgehead atoms. The van der Waals surface area contributed by atoms with E-state index in [0.717, 1.165) is 12.4 Å². The fourth-order valence-electron chi connectivity index (χ4n) is 2.31.